The largest absolute Gasteiger partial charge is 0.477 e. The fraction of sp³-hybridized carbons (Fsp3) is 0.795. The number of aliphatic hydroxyl groups is 1. The van der Waals surface area contributed by atoms with E-state index in [0.29, 0.717) is 19.1 Å². The molecule has 1 amide bonds. The summed E-state index contributed by atoms with van der Waals surface area (Å²) in [7, 11) is 0. The topological polar surface area (TPSA) is 120 Å². The summed E-state index contributed by atoms with van der Waals surface area (Å²) in [5.74, 6) is 5.94. The minimum Gasteiger partial charge on any atom is -0.477 e. The number of hydrogen-bond donors (Lipinski definition) is 1. The van der Waals surface area contributed by atoms with Gasteiger partial charge in [-0.15, -0.1) is 5.10 Å². The highest BCUT2D eigenvalue weighted by molar-refractivity contribution is 5.96. The summed E-state index contributed by atoms with van der Waals surface area (Å²) in [6, 6.07) is 1.73. The molecule has 10 heteroatoms. The molecule has 4 aliphatic carbocycles. The highest BCUT2D eigenvalue weighted by Crippen LogP contribution is 2.47. The maximum absolute atomic E-state index is 11.9. The molecule has 2 heterocycles. The Morgan fingerprint density at radius 2 is 1.27 bits per heavy atom. The molecule has 10 nitrogen and oxygen atoms in total. The van der Waals surface area contributed by atoms with Crippen LogP contribution in [0.3, 0.4) is 0 Å². The number of ketones is 1. The zero-order valence-electron chi connectivity index (χ0n) is 31.0. The lowest BCUT2D eigenvalue weighted by Crippen LogP contribution is -2.33. The Kier molecular flexibility index (Phi) is 14.2. The van der Waals surface area contributed by atoms with Crippen molar-refractivity contribution in [2.45, 2.75) is 143 Å². The smallest absolute Gasteiger partial charge is 0.435 e. The number of carbonyl (C=O) groups is 3. The van der Waals surface area contributed by atoms with Crippen LogP contribution in [0.1, 0.15) is 131 Å². The third kappa shape index (κ3) is 12.4. The van der Waals surface area contributed by atoms with Crippen LogP contribution in [0.5, 0.6) is 5.88 Å². The van der Waals surface area contributed by atoms with E-state index >= 15 is 0 Å². The Morgan fingerprint density at radius 3 is 1.65 bits per heavy atom. The van der Waals surface area contributed by atoms with E-state index in [9.17, 15) is 14.4 Å². The number of hydrogen-bond acceptors (Lipinski definition) is 8. The Balaban J connectivity index is 0.000000182. The van der Waals surface area contributed by atoms with Crippen LogP contribution in [0, 0.1) is 35.5 Å². The molecule has 1 aromatic heterocycles. The standard InChI is InChI=1S/C19H30N2O3.C11H20O.C9H13NO3/c1-19(2,3)24-18(22)21-12-10-17(20-21)23-13-11-16(14-6-4-7-14)15-8-5-9-15;12-8-7-11(9-3-1-4-9)10-5-2-6-10;1-9(2,3)13-8(12)10-5-4-7(11)6-10/h10,12,14-16H,4-9,11,13H2,1-3H3;9-12H,1-8H2;4-5H,6H2,1-3H3. The van der Waals surface area contributed by atoms with Gasteiger partial charge in [0.1, 0.15) is 11.2 Å². The number of ether oxygens (including phenoxy) is 3. The number of amides is 1. The predicted octanol–water partition coefficient (Wildman–Crippen LogP) is 8.56. The molecule has 0 unspecified atom stereocenters. The van der Waals surface area contributed by atoms with E-state index in [1.54, 1.807) is 33.0 Å². The first-order chi connectivity index (χ1) is 23.2. The second kappa shape index (κ2) is 17.9. The quantitative estimate of drug-likeness (QED) is 0.260. The van der Waals surface area contributed by atoms with Crippen LogP contribution >= 0.6 is 0 Å². The molecular formula is C39H63N3O7. The van der Waals surface area contributed by atoms with Crippen molar-refractivity contribution in [3.63, 3.8) is 0 Å². The van der Waals surface area contributed by atoms with E-state index in [1.165, 1.54) is 98.9 Å². The number of aromatic nitrogens is 2. The fourth-order valence-electron chi connectivity index (χ4n) is 7.32. The van der Waals surface area contributed by atoms with Gasteiger partial charge in [0.15, 0.2) is 5.78 Å². The van der Waals surface area contributed by atoms with Gasteiger partial charge >= 0.3 is 12.2 Å². The summed E-state index contributed by atoms with van der Waals surface area (Å²) in [6.45, 7) is 12.1. The van der Waals surface area contributed by atoms with E-state index < -0.39 is 23.4 Å². The average molecular weight is 686 g/mol. The van der Waals surface area contributed by atoms with E-state index in [-0.39, 0.29) is 12.3 Å². The monoisotopic (exact) mass is 685 g/mol. The maximum atomic E-state index is 11.9. The zero-order valence-corrected chi connectivity index (χ0v) is 31.0. The summed E-state index contributed by atoms with van der Waals surface area (Å²) in [4.78, 5) is 35.3. The van der Waals surface area contributed by atoms with E-state index in [0.717, 1.165) is 48.3 Å². The van der Waals surface area contributed by atoms with Gasteiger partial charge in [-0.1, -0.05) is 77.0 Å². The van der Waals surface area contributed by atoms with Crippen molar-refractivity contribution in [2.24, 2.45) is 35.5 Å². The van der Waals surface area contributed by atoms with Gasteiger partial charge in [-0.05, 0) is 96.0 Å². The van der Waals surface area contributed by atoms with Gasteiger partial charge in [0.05, 0.1) is 13.2 Å². The van der Waals surface area contributed by atoms with Crippen molar-refractivity contribution in [2.75, 3.05) is 19.8 Å². The highest BCUT2D eigenvalue weighted by atomic mass is 16.6. The summed E-state index contributed by atoms with van der Waals surface area (Å²) in [5.41, 5.74) is -1.04. The van der Waals surface area contributed by atoms with Gasteiger partial charge in [0, 0.05) is 25.1 Å². The fourth-order valence-corrected chi connectivity index (χ4v) is 7.32. The lowest BCUT2D eigenvalue weighted by atomic mass is 9.63. The molecule has 5 aliphatic rings. The van der Waals surface area contributed by atoms with Gasteiger partial charge in [0.25, 0.3) is 0 Å². The molecule has 4 saturated carbocycles. The molecule has 276 valence electrons. The Hall–Kier alpha value is -2.88. The van der Waals surface area contributed by atoms with Crippen LogP contribution in [0.25, 0.3) is 0 Å². The molecule has 1 N–H and O–H groups in total. The van der Waals surface area contributed by atoms with Gasteiger partial charge in [-0.25, -0.2) is 9.59 Å². The van der Waals surface area contributed by atoms with E-state index in [2.05, 4.69) is 5.10 Å². The molecule has 0 saturated heterocycles. The average Bonchev–Trinajstić information content (AvgIpc) is 3.53. The molecule has 49 heavy (non-hydrogen) atoms. The molecule has 0 radical (unpaired) electrons. The minimum absolute atomic E-state index is 0.0779. The Bertz CT molecular complexity index is 1200. The molecule has 0 aromatic carbocycles. The van der Waals surface area contributed by atoms with Crippen LogP contribution in [0.2, 0.25) is 0 Å². The Morgan fingerprint density at radius 1 is 0.796 bits per heavy atom. The van der Waals surface area contributed by atoms with Gasteiger partial charge < -0.3 is 19.3 Å². The predicted molar refractivity (Wildman–Crippen MR) is 189 cm³/mol. The number of nitrogens with zero attached hydrogens (tertiary/aromatic N) is 3. The molecule has 1 aromatic rings. The normalized spacial score (nSPS) is 19.9. The summed E-state index contributed by atoms with van der Waals surface area (Å²) < 4.78 is 17.3. The third-order valence-corrected chi connectivity index (χ3v) is 10.7. The summed E-state index contributed by atoms with van der Waals surface area (Å²) >= 11 is 0. The first kappa shape index (κ1) is 38.9. The first-order valence-electron chi connectivity index (χ1n) is 19.0. The van der Waals surface area contributed by atoms with E-state index in [4.69, 9.17) is 19.3 Å². The van der Waals surface area contributed by atoms with Crippen LogP contribution < -0.4 is 4.74 Å². The SMILES string of the molecule is CC(C)(C)OC(=O)N1C=CC(=O)C1.CC(C)(C)OC(=O)n1ccc(OCCC(C2CCC2)C2CCC2)n1.OCCC(C1CCC1)C1CCC1. The third-order valence-electron chi connectivity index (χ3n) is 10.7. The minimum atomic E-state index is -0.525. The lowest BCUT2D eigenvalue weighted by Gasteiger charge is -2.42. The van der Waals surface area contributed by atoms with E-state index in [1.807, 2.05) is 20.8 Å². The van der Waals surface area contributed by atoms with Gasteiger partial charge in [-0.2, -0.15) is 4.68 Å². The van der Waals surface area contributed by atoms with Crippen LogP contribution in [-0.2, 0) is 14.3 Å². The van der Waals surface area contributed by atoms with Crippen LogP contribution in [-0.4, -0.2) is 68.7 Å². The lowest BCUT2D eigenvalue weighted by molar-refractivity contribution is -0.114. The molecule has 0 spiro atoms. The van der Waals surface area contributed by atoms with Crippen molar-refractivity contribution < 1.29 is 33.7 Å². The molecule has 4 fully saturated rings. The second-order valence-corrected chi connectivity index (χ2v) is 16.7. The summed E-state index contributed by atoms with van der Waals surface area (Å²) in [5, 5.41) is 13.1. The first-order valence-corrected chi connectivity index (χ1v) is 19.0. The number of carbonyl (C=O) groups excluding carboxylic acids is 3. The summed E-state index contributed by atoms with van der Waals surface area (Å²) in [6.07, 6.45) is 22.7. The van der Waals surface area contributed by atoms with Gasteiger partial charge in [-0.3, -0.25) is 9.69 Å². The molecule has 0 bridgehead atoms. The second-order valence-electron chi connectivity index (χ2n) is 16.7. The van der Waals surface area contributed by atoms with Crippen molar-refractivity contribution >= 4 is 18.0 Å². The van der Waals surface area contributed by atoms with Crippen molar-refractivity contribution in [1.82, 2.24) is 14.7 Å². The van der Waals surface area contributed by atoms with Crippen LogP contribution in [0.4, 0.5) is 9.59 Å². The molecule has 6 rings (SSSR count). The van der Waals surface area contributed by atoms with Crippen molar-refractivity contribution in [3.8, 4) is 5.88 Å². The molecule has 0 atom stereocenters. The number of rotatable bonds is 10. The van der Waals surface area contributed by atoms with Gasteiger partial charge in [0.2, 0.25) is 5.88 Å². The van der Waals surface area contributed by atoms with Crippen LogP contribution in [0.15, 0.2) is 24.5 Å². The maximum Gasteiger partial charge on any atom is 0.435 e. The van der Waals surface area contributed by atoms with Crippen molar-refractivity contribution in [1.29, 1.82) is 0 Å². The zero-order chi connectivity index (χ0) is 35.6. The number of aliphatic hydroxyl groups excluding tert-OH is 1. The Labute approximate surface area is 294 Å². The molecular weight excluding hydrogens is 622 g/mol. The molecule has 1 aliphatic heterocycles. The van der Waals surface area contributed by atoms with Crippen molar-refractivity contribution in [3.05, 3.63) is 24.5 Å². The highest BCUT2D eigenvalue weighted by Gasteiger charge is 2.36.